The maximum absolute atomic E-state index is 8.62. The average Bonchev–Trinajstić information content (AvgIpc) is 2.30. The van der Waals surface area contributed by atoms with Crippen LogP contribution in [0, 0.1) is 11.3 Å². The number of hydrogen-bond acceptors (Lipinski definition) is 3. The number of pyridine rings is 2. The number of aromatic nitrogens is 2. The lowest BCUT2D eigenvalue weighted by Crippen LogP contribution is -1.87. The van der Waals surface area contributed by atoms with E-state index in [1.807, 2.05) is 18.2 Å². The lowest BCUT2D eigenvalue weighted by Gasteiger charge is -1.99. The van der Waals surface area contributed by atoms with Gasteiger partial charge >= 0.3 is 0 Å². The molecule has 0 unspecified atom stereocenters. The number of nitrogens with zero attached hydrogens (tertiary/aromatic N) is 3. The Hall–Kier alpha value is -1.73. The van der Waals surface area contributed by atoms with Crippen LogP contribution in [0.3, 0.4) is 0 Å². The zero-order chi connectivity index (χ0) is 10.7. The summed E-state index contributed by atoms with van der Waals surface area (Å²) in [7, 11) is 0. The van der Waals surface area contributed by atoms with Crippen LogP contribution < -0.4 is 0 Å². The summed E-state index contributed by atoms with van der Waals surface area (Å²) >= 11 is 3.31. The molecule has 0 saturated heterocycles. The molecular weight excluding hydrogens is 254 g/mol. The number of rotatable bonds is 1. The molecule has 0 aromatic carbocycles. The molecule has 2 aromatic rings. The molecule has 0 aliphatic rings. The van der Waals surface area contributed by atoms with Gasteiger partial charge < -0.3 is 0 Å². The topological polar surface area (TPSA) is 49.6 Å². The summed E-state index contributed by atoms with van der Waals surface area (Å²) in [6, 6.07) is 9.32. The first kappa shape index (κ1) is 9.81. The van der Waals surface area contributed by atoms with Crippen LogP contribution in [-0.4, -0.2) is 9.97 Å². The monoisotopic (exact) mass is 259 g/mol. The molecule has 0 saturated carbocycles. The zero-order valence-electron chi connectivity index (χ0n) is 7.68. The van der Waals surface area contributed by atoms with E-state index in [1.165, 1.54) is 0 Å². The Balaban J connectivity index is 2.38. The minimum atomic E-state index is 0.552. The summed E-state index contributed by atoms with van der Waals surface area (Å²) in [5.41, 5.74) is 2.11. The van der Waals surface area contributed by atoms with Gasteiger partial charge in [0.15, 0.2) is 0 Å². The van der Waals surface area contributed by atoms with E-state index in [-0.39, 0.29) is 0 Å². The molecule has 4 heteroatoms. The molecule has 15 heavy (non-hydrogen) atoms. The van der Waals surface area contributed by atoms with Gasteiger partial charge in [-0.3, -0.25) is 9.97 Å². The number of halogens is 1. The van der Waals surface area contributed by atoms with Crippen molar-refractivity contribution in [3.63, 3.8) is 0 Å². The number of nitriles is 1. The largest absolute Gasteiger partial charge is 0.253 e. The van der Waals surface area contributed by atoms with Crippen LogP contribution in [0.1, 0.15) is 5.56 Å². The van der Waals surface area contributed by atoms with E-state index in [2.05, 4.69) is 25.9 Å². The van der Waals surface area contributed by atoms with Crippen molar-refractivity contribution in [3.8, 4) is 17.5 Å². The van der Waals surface area contributed by atoms with E-state index in [0.29, 0.717) is 5.56 Å². The van der Waals surface area contributed by atoms with Crippen molar-refractivity contribution < 1.29 is 0 Å². The molecule has 0 aliphatic heterocycles. The predicted octanol–water partition coefficient (Wildman–Crippen LogP) is 2.78. The van der Waals surface area contributed by atoms with Crippen molar-refractivity contribution in [3.05, 3.63) is 46.7 Å². The van der Waals surface area contributed by atoms with Gasteiger partial charge in [0.2, 0.25) is 0 Å². The van der Waals surface area contributed by atoms with E-state index < -0.39 is 0 Å². The van der Waals surface area contributed by atoms with Crippen LogP contribution in [0.15, 0.2) is 41.1 Å². The molecule has 0 radical (unpaired) electrons. The first-order valence-electron chi connectivity index (χ1n) is 4.27. The fourth-order valence-corrected chi connectivity index (χ4v) is 1.37. The molecule has 0 amide bonds. The van der Waals surface area contributed by atoms with Gasteiger partial charge in [-0.15, -0.1) is 0 Å². The second-order valence-corrected chi connectivity index (χ2v) is 3.82. The summed E-state index contributed by atoms with van der Waals surface area (Å²) in [6.07, 6.45) is 3.26. The van der Waals surface area contributed by atoms with Gasteiger partial charge in [-0.2, -0.15) is 5.26 Å². The van der Waals surface area contributed by atoms with Crippen LogP contribution in [0.2, 0.25) is 0 Å². The van der Waals surface area contributed by atoms with Crippen LogP contribution in [0.4, 0.5) is 0 Å². The molecule has 0 N–H and O–H groups in total. The van der Waals surface area contributed by atoms with Crippen LogP contribution in [-0.2, 0) is 0 Å². The van der Waals surface area contributed by atoms with E-state index in [9.17, 15) is 0 Å². The van der Waals surface area contributed by atoms with Crippen molar-refractivity contribution in [1.29, 1.82) is 5.26 Å². The Kier molecular flexibility index (Phi) is 2.75. The third-order valence-corrected chi connectivity index (χ3v) is 2.35. The third kappa shape index (κ3) is 2.20. The maximum atomic E-state index is 8.62. The van der Waals surface area contributed by atoms with Gasteiger partial charge in [0.05, 0.1) is 17.0 Å². The molecule has 0 fully saturated rings. The molecule has 2 rings (SSSR count). The predicted molar refractivity (Wildman–Crippen MR) is 59.9 cm³/mol. The normalized spacial score (nSPS) is 9.60. The second-order valence-electron chi connectivity index (χ2n) is 2.91. The maximum Gasteiger partial charge on any atom is 0.101 e. The van der Waals surface area contributed by atoms with Gasteiger partial charge in [0, 0.05) is 16.9 Å². The van der Waals surface area contributed by atoms with Gasteiger partial charge in [0.25, 0.3) is 0 Å². The van der Waals surface area contributed by atoms with E-state index in [0.717, 1.165) is 15.9 Å². The van der Waals surface area contributed by atoms with Crippen molar-refractivity contribution in [2.24, 2.45) is 0 Å². The summed E-state index contributed by atoms with van der Waals surface area (Å²) < 4.78 is 0.930. The standard InChI is InChI=1S/C11H6BrN3/c12-9-2-4-11(15-7-9)10-3-1-8(5-13)6-14-10/h1-4,6-7H. The Morgan fingerprint density at radius 2 is 1.67 bits per heavy atom. The first-order valence-corrected chi connectivity index (χ1v) is 5.07. The van der Waals surface area contributed by atoms with Gasteiger partial charge in [-0.1, -0.05) is 0 Å². The molecule has 3 nitrogen and oxygen atoms in total. The van der Waals surface area contributed by atoms with Crippen LogP contribution in [0.5, 0.6) is 0 Å². The minimum absolute atomic E-state index is 0.552. The molecule has 0 spiro atoms. The fourth-order valence-electron chi connectivity index (χ4n) is 1.14. The quantitative estimate of drug-likeness (QED) is 0.792. The van der Waals surface area contributed by atoms with Crippen molar-refractivity contribution in [2.75, 3.05) is 0 Å². The highest BCUT2D eigenvalue weighted by Crippen LogP contribution is 2.16. The average molecular weight is 260 g/mol. The molecule has 72 valence electrons. The van der Waals surface area contributed by atoms with Gasteiger partial charge in [0.1, 0.15) is 6.07 Å². The fraction of sp³-hybridized carbons (Fsp3) is 0. The summed E-state index contributed by atoms with van der Waals surface area (Å²) in [5, 5.41) is 8.62. The van der Waals surface area contributed by atoms with Gasteiger partial charge in [-0.05, 0) is 40.2 Å². The van der Waals surface area contributed by atoms with Crippen LogP contribution in [0.25, 0.3) is 11.4 Å². The summed E-state index contributed by atoms with van der Waals surface area (Å²) in [5.74, 6) is 0. The Labute approximate surface area is 95.6 Å². The smallest absolute Gasteiger partial charge is 0.101 e. The van der Waals surface area contributed by atoms with Crippen molar-refractivity contribution >= 4 is 15.9 Å². The molecule has 0 aliphatic carbocycles. The first-order chi connectivity index (χ1) is 7.29. The SMILES string of the molecule is N#Cc1ccc(-c2ccc(Br)cn2)nc1. The van der Waals surface area contributed by atoms with E-state index >= 15 is 0 Å². The highest BCUT2D eigenvalue weighted by Gasteiger charge is 2.00. The van der Waals surface area contributed by atoms with Crippen LogP contribution >= 0.6 is 15.9 Å². The second kappa shape index (κ2) is 4.20. The van der Waals surface area contributed by atoms with Crippen molar-refractivity contribution in [2.45, 2.75) is 0 Å². The van der Waals surface area contributed by atoms with E-state index in [1.54, 1.807) is 24.5 Å². The number of hydrogen-bond donors (Lipinski definition) is 0. The van der Waals surface area contributed by atoms with Crippen molar-refractivity contribution in [1.82, 2.24) is 9.97 Å². The highest BCUT2D eigenvalue weighted by atomic mass is 79.9. The lowest BCUT2D eigenvalue weighted by atomic mass is 10.2. The summed E-state index contributed by atoms with van der Waals surface area (Å²) in [4.78, 5) is 8.36. The molecule has 2 aromatic heterocycles. The zero-order valence-corrected chi connectivity index (χ0v) is 9.27. The Morgan fingerprint density at radius 1 is 1.00 bits per heavy atom. The molecular formula is C11H6BrN3. The third-order valence-electron chi connectivity index (χ3n) is 1.88. The van der Waals surface area contributed by atoms with E-state index in [4.69, 9.17) is 5.26 Å². The lowest BCUT2D eigenvalue weighted by molar-refractivity contribution is 1.23. The van der Waals surface area contributed by atoms with Gasteiger partial charge in [-0.25, -0.2) is 0 Å². The molecule has 0 bridgehead atoms. The molecule has 2 heterocycles. The highest BCUT2D eigenvalue weighted by molar-refractivity contribution is 9.10. The molecule has 0 atom stereocenters. The minimum Gasteiger partial charge on any atom is -0.253 e. The summed E-state index contributed by atoms with van der Waals surface area (Å²) in [6.45, 7) is 0. The Bertz CT molecular complexity index is 497. The Morgan fingerprint density at radius 3 is 2.13 bits per heavy atom.